The van der Waals surface area contributed by atoms with Gasteiger partial charge in [-0.05, 0) is 50.3 Å². The van der Waals surface area contributed by atoms with Gasteiger partial charge in [0.15, 0.2) is 0 Å². The first-order valence-corrected chi connectivity index (χ1v) is 7.42. The average Bonchev–Trinajstić information content (AvgIpc) is 2.95. The SMILES string of the molecule is Cc1ccc(CC2CCCN(Cc3ncc[nH]3)C2)cn1. The second-order valence-corrected chi connectivity index (χ2v) is 5.79. The molecule has 20 heavy (non-hydrogen) atoms. The van der Waals surface area contributed by atoms with E-state index < -0.39 is 0 Å². The largest absolute Gasteiger partial charge is 0.348 e. The van der Waals surface area contributed by atoms with Gasteiger partial charge in [-0.3, -0.25) is 9.88 Å². The fraction of sp³-hybridized carbons (Fsp3) is 0.500. The smallest absolute Gasteiger partial charge is 0.120 e. The Hall–Kier alpha value is -1.68. The van der Waals surface area contributed by atoms with E-state index in [1.54, 1.807) is 0 Å². The minimum Gasteiger partial charge on any atom is -0.348 e. The van der Waals surface area contributed by atoms with Gasteiger partial charge in [0.1, 0.15) is 5.82 Å². The fourth-order valence-corrected chi connectivity index (χ4v) is 3.01. The quantitative estimate of drug-likeness (QED) is 0.928. The van der Waals surface area contributed by atoms with E-state index in [0.717, 1.165) is 36.9 Å². The molecule has 106 valence electrons. The minimum atomic E-state index is 0.739. The number of nitrogens with one attached hydrogen (secondary N) is 1. The molecule has 3 heterocycles. The summed E-state index contributed by atoms with van der Waals surface area (Å²) in [7, 11) is 0. The number of likely N-dealkylation sites (tertiary alicyclic amines) is 1. The van der Waals surface area contributed by atoms with Crippen molar-refractivity contribution in [2.75, 3.05) is 13.1 Å². The standard InChI is InChI=1S/C16H22N4/c1-13-4-5-14(10-19-13)9-15-3-2-8-20(11-15)12-16-17-6-7-18-16/h4-7,10,15H,2-3,8-9,11-12H2,1H3,(H,17,18). The first-order chi connectivity index (χ1) is 9.79. The van der Waals surface area contributed by atoms with Gasteiger partial charge in [0, 0.05) is 30.8 Å². The Balaban J connectivity index is 1.56. The molecule has 1 fully saturated rings. The molecule has 2 aromatic heterocycles. The summed E-state index contributed by atoms with van der Waals surface area (Å²) in [6, 6.07) is 4.33. The van der Waals surface area contributed by atoms with Crippen LogP contribution in [-0.2, 0) is 13.0 Å². The highest BCUT2D eigenvalue weighted by molar-refractivity contribution is 5.14. The molecule has 3 rings (SSSR count). The van der Waals surface area contributed by atoms with Crippen LogP contribution in [0.2, 0.25) is 0 Å². The van der Waals surface area contributed by atoms with Crippen LogP contribution in [0.1, 0.15) is 29.9 Å². The van der Waals surface area contributed by atoms with E-state index in [2.05, 4.69) is 32.0 Å². The predicted octanol–water partition coefficient (Wildman–Crippen LogP) is 2.57. The maximum Gasteiger partial charge on any atom is 0.120 e. The average molecular weight is 270 g/mol. The molecule has 0 saturated carbocycles. The zero-order valence-electron chi connectivity index (χ0n) is 12.0. The lowest BCUT2D eigenvalue weighted by Gasteiger charge is -2.32. The molecule has 1 unspecified atom stereocenters. The Bertz CT molecular complexity index is 518. The maximum absolute atomic E-state index is 4.40. The fourth-order valence-electron chi connectivity index (χ4n) is 3.01. The molecule has 0 aromatic carbocycles. The summed E-state index contributed by atoms with van der Waals surface area (Å²) in [6.07, 6.45) is 9.50. The Morgan fingerprint density at radius 2 is 2.30 bits per heavy atom. The highest BCUT2D eigenvalue weighted by atomic mass is 15.2. The molecule has 1 N–H and O–H groups in total. The molecule has 1 saturated heterocycles. The molecule has 0 bridgehead atoms. The van der Waals surface area contributed by atoms with Gasteiger partial charge in [-0.2, -0.15) is 0 Å². The Morgan fingerprint density at radius 3 is 3.05 bits per heavy atom. The third-order valence-corrected chi connectivity index (χ3v) is 4.03. The van der Waals surface area contributed by atoms with Gasteiger partial charge in [0.05, 0.1) is 6.54 Å². The summed E-state index contributed by atoms with van der Waals surface area (Å²) in [5, 5.41) is 0. The van der Waals surface area contributed by atoms with Gasteiger partial charge in [0.2, 0.25) is 0 Å². The lowest BCUT2D eigenvalue weighted by atomic mass is 9.92. The molecular weight excluding hydrogens is 248 g/mol. The molecule has 2 aromatic rings. The van der Waals surface area contributed by atoms with Crippen LogP contribution < -0.4 is 0 Å². The van der Waals surface area contributed by atoms with Crippen molar-refractivity contribution in [2.45, 2.75) is 32.7 Å². The third kappa shape index (κ3) is 3.45. The summed E-state index contributed by atoms with van der Waals surface area (Å²) in [5.41, 5.74) is 2.46. The van der Waals surface area contributed by atoms with Crippen molar-refractivity contribution in [2.24, 2.45) is 5.92 Å². The molecule has 4 nitrogen and oxygen atoms in total. The molecule has 1 aliphatic rings. The van der Waals surface area contributed by atoms with Crippen LogP contribution in [0.5, 0.6) is 0 Å². The third-order valence-electron chi connectivity index (χ3n) is 4.03. The molecule has 0 spiro atoms. The zero-order valence-corrected chi connectivity index (χ0v) is 12.0. The monoisotopic (exact) mass is 270 g/mol. The van der Waals surface area contributed by atoms with Crippen molar-refractivity contribution < 1.29 is 0 Å². The van der Waals surface area contributed by atoms with Gasteiger partial charge < -0.3 is 4.98 Å². The number of piperidine rings is 1. The Kier molecular flexibility index (Phi) is 4.11. The van der Waals surface area contributed by atoms with E-state index in [1.165, 1.54) is 24.9 Å². The Morgan fingerprint density at radius 1 is 1.35 bits per heavy atom. The van der Waals surface area contributed by atoms with Crippen molar-refractivity contribution in [3.05, 3.63) is 47.8 Å². The summed E-state index contributed by atoms with van der Waals surface area (Å²) in [5.74, 6) is 1.81. The zero-order chi connectivity index (χ0) is 13.8. The first kappa shape index (κ1) is 13.3. The van der Waals surface area contributed by atoms with Crippen molar-refractivity contribution in [1.82, 2.24) is 19.9 Å². The topological polar surface area (TPSA) is 44.8 Å². The first-order valence-electron chi connectivity index (χ1n) is 7.42. The van der Waals surface area contributed by atoms with Crippen molar-refractivity contribution in [1.29, 1.82) is 0 Å². The van der Waals surface area contributed by atoms with Crippen LogP contribution in [0.25, 0.3) is 0 Å². The van der Waals surface area contributed by atoms with Crippen LogP contribution in [0.15, 0.2) is 30.7 Å². The second kappa shape index (κ2) is 6.18. The summed E-state index contributed by atoms with van der Waals surface area (Å²) < 4.78 is 0. The van der Waals surface area contributed by atoms with E-state index in [9.17, 15) is 0 Å². The molecule has 1 atom stereocenters. The minimum absolute atomic E-state index is 0.739. The highest BCUT2D eigenvalue weighted by Gasteiger charge is 2.20. The summed E-state index contributed by atoms with van der Waals surface area (Å²) >= 11 is 0. The number of aromatic amines is 1. The molecular formula is C16H22N4. The van der Waals surface area contributed by atoms with E-state index in [4.69, 9.17) is 0 Å². The molecule has 1 aliphatic heterocycles. The second-order valence-electron chi connectivity index (χ2n) is 5.79. The number of hydrogen-bond acceptors (Lipinski definition) is 3. The van der Waals surface area contributed by atoms with Gasteiger partial charge >= 0.3 is 0 Å². The molecule has 4 heteroatoms. The van der Waals surface area contributed by atoms with Gasteiger partial charge in [0.25, 0.3) is 0 Å². The van der Waals surface area contributed by atoms with E-state index in [-0.39, 0.29) is 0 Å². The van der Waals surface area contributed by atoms with Crippen LogP contribution in [0, 0.1) is 12.8 Å². The molecule has 0 radical (unpaired) electrons. The number of imidazole rings is 1. The van der Waals surface area contributed by atoms with Gasteiger partial charge in [-0.25, -0.2) is 4.98 Å². The molecule has 0 aliphatic carbocycles. The lowest BCUT2D eigenvalue weighted by molar-refractivity contribution is 0.164. The number of pyridine rings is 1. The van der Waals surface area contributed by atoms with Crippen LogP contribution >= 0.6 is 0 Å². The highest BCUT2D eigenvalue weighted by Crippen LogP contribution is 2.21. The molecule has 0 amide bonds. The van der Waals surface area contributed by atoms with E-state index in [1.807, 2.05) is 25.5 Å². The van der Waals surface area contributed by atoms with E-state index >= 15 is 0 Å². The van der Waals surface area contributed by atoms with Crippen molar-refractivity contribution in [3.8, 4) is 0 Å². The number of aryl methyl sites for hydroxylation is 1. The maximum atomic E-state index is 4.40. The number of H-pyrrole nitrogens is 1. The summed E-state index contributed by atoms with van der Waals surface area (Å²) in [4.78, 5) is 14.4. The Labute approximate surface area is 120 Å². The van der Waals surface area contributed by atoms with Crippen LogP contribution in [0.4, 0.5) is 0 Å². The predicted molar refractivity (Wildman–Crippen MR) is 79.3 cm³/mol. The van der Waals surface area contributed by atoms with Crippen LogP contribution in [-0.4, -0.2) is 32.9 Å². The van der Waals surface area contributed by atoms with Crippen molar-refractivity contribution >= 4 is 0 Å². The lowest BCUT2D eigenvalue weighted by Crippen LogP contribution is -2.36. The van der Waals surface area contributed by atoms with Crippen molar-refractivity contribution in [3.63, 3.8) is 0 Å². The number of hydrogen-bond donors (Lipinski definition) is 1. The van der Waals surface area contributed by atoms with Gasteiger partial charge in [-0.15, -0.1) is 0 Å². The number of rotatable bonds is 4. The summed E-state index contributed by atoms with van der Waals surface area (Å²) in [6.45, 7) is 5.32. The van der Waals surface area contributed by atoms with E-state index in [0.29, 0.717) is 0 Å². The number of aromatic nitrogens is 3. The number of nitrogens with zero attached hydrogens (tertiary/aromatic N) is 3. The van der Waals surface area contributed by atoms with Gasteiger partial charge in [-0.1, -0.05) is 6.07 Å². The van der Waals surface area contributed by atoms with Crippen LogP contribution in [0.3, 0.4) is 0 Å². The normalized spacial score (nSPS) is 20.1.